The quantitative estimate of drug-likeness (QED) is 0.814. The molecule has 1 unspecified atom stereocenters. The van der Waals surface area contributed by atoms with Crippen LogP contribution in [0.1, 0.15) is 10.4 Å². The third kappa shape index (κ3) is 4.02. The number of benzene rings is 1. The second kappa shape index (κ2) is 6.84. The van der Waals surface area contributed by atoms with Crippen molar-refractivity contribution in [2.75, 3.05) is 7.05 Å². The van der Waals surface area contributed by atoms with Crippen LogP contribution < -0.4 is 5.32 Å². The zero-order valence-corrected chi connectivity index (χ0v) is 13.6. The van der Waals surface area contributed by atoms with Crippen LogP contribution in [0.15, 0.2) is 34.1 Å². The number of halogens is 3. The van der Waals surface area contributed by atoms with Gasteiger partial charge in [-0.05, 0) is 53.5 Å². The molecular weight excluding hydrogens is 349 g/mol. The Bertz CT molecular complexity index is 558. The van der Waals surface area contributed by atoms with Gasteiger partial charge in [0.05, 0.1) is 5.02 Å². The molecule has 0 saturated heterocycles. The van der Waals surface area contributed by atoms with Gasteiger partial charge in [-0.2, -0.15) is 0 Å². The fourth-order valence-corrected chi connectivity index (χ4v) is 3.68. The molecule has 1 nitrogen and oxygen atoms in total. The van der Waals surface area contributed by atoms with Crippen molar-refractivity contribution in [2.45, 2.75) is 18.9 Å². The van der Waals surface area contributed by atoms with E-state index >= 15 is 0 Å². The summed E-state index contributed by atoms with van der Waals surface area (Å²) in [6.07, 6.45) is 1.50. The van der Waals surface area contributed by atoms with E-state index in [4.69, 9.17) is 11.6 Å². The molecule has 0 aliphatic heterocycles. The standard InChI is InChI=1S/C14H14BrClFNS/c1-18-11(7-12-6-10(15)8-19-12)5-9-3-2-4-13(16)14(9)17/h2-4,6,8,11,18H,5,7H2,1H3. The van der Waals surface area contributed by atoms with Crippen molar-refractivity contribution in [3.05, 3.63) is 55.4 Å². The Morgan fingerprint density at radius 3 is 2.84 bits per heavy atom. The minimum absolute atomic E-state index is 0.186. The molecule has 0 amide bonds. The van der Waals surface area contributed by atoms with Gasteiger partial charge in [0.25, 0.3) is 0 Å². The first kappa shape index (κ1) is 15.0. The van der Waals surface area contributed by atoms with Crippen LogP contribution in [0.3, 0.4) is 0 Å². The summed E-state index contributed by atoms with van der Waals surface area (Å²) in [6.45, 7) is 0. The van der Waals surface area contributed by atoms with Gasteiger partial charge in [-0.25, -0.2) is 4.39 Å². The average Bonchev–Trinajstić information content (AvgIpc) is 2.79. The molecule has 0 aliphatic rings. The summed E-state index contributed by atoms with van der Waals surface area (Å²) in [7, 11) is 1.90. The normalized spacial score (nSPS) is 12.6. The monoisotopic (exact) mass is 361 g/mol. The van der Waals surface area contributed by atoms with Crippen LogP contribution in [0.2, 0.25) is 5.02 Å². The number of rotatable bonds is 5. The highest BCUT2D eigenvalue weighted by molar-refractivity contribution is 9.10. The van der Waals surface area contributed by atoms with E-state index in [1.165, 1.54) is 4.88 Å². The maximum absolute atomic E-state index is 13.9. The number of hydrogen-bond acceptors (Lipinski definition) is 2. The lowest BCUT2D eigenvalue weighted by molar-refractivity contribution is 0.535. The van der Waals surface area contributed by atoms with Crippen molar-refractivity contribution in [3.8, 4) is 0 Å². The predicted octanol–water partition coefficient (Wildman–Crippen LogP) is 4.68. The molecule has 0 spiro atoms. The highest BCUT2D eigenvalue weighted by Gasteiger charge is 2.14. The molecule has 0 aliphatic carbocycles. The van der Waals surface area contributed by atoms with Crippen molar-refractivity contribution in [2.24, 2.45) is 0 Å². The SMILES string of the molecule is CNC(Cc1cc(Br)cs1)Cc1cccc(Cl)c1F. The molecule has 102 valence electrons. The van der Waals surface area contributed by atoms with Gasteiger partial charge >= 0.3 is 0 Å². The van der Waals surface area contributed by atoms with Gasteiger partial charge in [0.15, 0.2) is 0 Å². The molecule has 0 fully saturated rings. The third-order valence-corrected chi connectivity index (χ3v) is 4.99. The van der Waals surface area contributed by atoms with Gasteiger partial charge in [0.2, 0.25) is 0 Å². The van der Waals surface area contributed by atoms with E-state index in [-0.39, 0.29) is 16.9 Å². The molecule has 1 aromatic carbocycles. The van der Waals surface area contributed by atoms with Crippen molar-refractivity contribution in [3.63, 3.8) is 0 Å². The van der Waals surface area contributed by atoms with Crippen LogP contribution in [0.25, 0.3) is 0 Å². The Labute approximate surface area is 129 Å². The van der Waals surface area contributed by atoms with Crippen LogP contribution in [0, 0.1) is 5.82 Å². The summed E-state index contributed by atoms with van der Waals surface area (Å²) < 4.78 is 15.0. The van der Waals surface area contributed by atoms with Crippen molar-refractivity contribution in [1.29, 1.82) is 0 Å². The first-order chi connectivity index (χ1) is 9.10. The zero-order valence-electron chi connectivity index (χ0n) is 10.4. The molecular formula is C14H14BrClFNS. The van der Waals surface area contributed by atoms with E-state index in [0.29, 0.717) is 12.0 Å². The molecule has 2 aromatic rings. The highest BCUT2D eigenvalue weighted by Crippen LogP contribution is 2.23. The van der Waals surface area contributed by atoms with Crippen LogP contribution in [0.5, 0.6) is 0 Å². The lowest BCUT2D eigenvalue weighted by atomic mass is 10.0. The van der Waals surface area contributed by atoms with Gasteiger partial charge < -0.3 is 5.32 Å². The Balaban J connectivity index is 2.08. The van der Waals surface area contributed by atoms with Crippen LogP contribution in [0.4, 0.5) is 4.39 Å². The second-order valence-corrected chi connectivity index (χ2v) is 6.66. The number of hydrogen-bond donors (Lipinski definition) is 1. The highest BCUT2D eigenvalue weighted by atomic mass is 79.9. The molecule has 1 heterocycles. The summed E-state index contributed by atoms with van der Waals surface area (Å²) in [5, 5.41) is 5.48. The van der Waals surface area contributed by atoms with E-state index in [9.17, 15) is 4.39 Å². The van der Waals surface area contributed by atoms with Crippen molar-refractivity contribution >= 4 is 38.9 Å². The average molecular weight is 363 g/mol. The third-order valence-electron chi connectivity index (χ3n) is 2.98. The second-order valence-electron chi connectivity index (χ2n) is 4.34. The lowest BCUT2D eigenvalue weighted by Crippen LogP contribution is -2.30. The van der Waals surface area contributed by atoms with E-state index in [1.54, 1.807) is 29.5 Å². The van der Waals surface area contributed by atoms with Crippen molar-refractivity contribution in [1.82, 2.24) is 5.32 Å². The lowest BCUT2D eigenvalue weighted by Gasteiger charge is -2.16. The van der Waals surface area contributed by atoms with Gasteiger partial charge in [-0.15, -0.1) is 11.3 Å². The van der Waals surface area contributed by atoms with Gasteiger partial charge in [-0.1, -0.05) is 23.7 Å². The first-order valence-electron chi connectivity index (χ1n) is 5.93. The maximum Gasteiger partial charge on any atom is 0.145 e. The van der Waals surface area contributed by atoms with E-state index in [0.717, 1.165) is 10.9 Å². The Hall–Kier alpha value is -0.420. The number of nitrogens with one attached hydrogen (secondary N) is 1. The molecule has 19 heavy (non-hydrogen) atoms. The largest absolute Gasteiger partial charge is 0.316 e. The fourth-order valence-electron chi connectivity index (χ4n) is 1.95. The van der Waals surface area contributed by atoms with E-state index in [2.05, 4.69) is 32.7 Å². The van der Waals surface area contributed by atoms with Gasteiger partial charge in [0.1, 0.15) is 5.82 Å². The Kier molecular flexibility index (Phi) is 5.39. The first-order valence-corrected chi connectivity index (χ1v) is 7.98. The summed E-state index contributed by atoms with van der Waals surface area (Å²) in [4.78, 5) is 1.27. The molecule has 5 heteroatoms. The molecule has 1 aromatic heterocycles. The summed E-state index contributed by atoms with van der Waals surface area (Å²) in [6, 6.07) is 7.44. The van der Waals surface area contributed by atoms with E-state index < -0.39 is 0 Å². The minimum Gasteiger partial charge on any atom is -0.316 e. The number of thiophene rings is 1. The van der Waals surface area contributed by atoms with Gasteiger partial charge in [-0.3, -0.25) is 0 Å². The maximum atomic E-state index is 13.9. The molecule has 2 rings (SSSR count). The van der Waals surface area contributed by atoms with Crippen LogP contribution in [-0.2, 0) is 12.8 Å². The summed E-state index contributed by atoms with van der Waals surface area (Å²) in [5.74, 6) is -0.309. The summed E-state index contributed by atoms with van der Waals surface area (Å²) >= 11 is 11.0. The number of likely N-dealkylation sites (N-methyl/N-ethyl adjacent to an activating group) is 1. The molecule has 1 atom stereocenters. The fraction of sp³-hybridized carbons (Fsp3) is 0.286. The van der Waals surface area contributed by atoms with E-state index in [1.807, 2.05) is 7.05 Å². The topological polar surface area (TPSA) is 12.0 Å². The Morgan fingerprint density at radius 1 is 1.42 bits per heavy atom. The molecule has 0 radical (unpaired) electrons. The van der Waals surface area contributed by atoms with Crippen molar-refractivity contribution < 1.29 is 4.39 Å². The molecule has 0 bridgehead atoms. The zero-order chi connectivity index (χ0) is 13.8. The van der Waals surface area contributed by atoms with Gasteiger partial charge in [0, 0.05) is 20.8 Å². The Morgan fingerprint density at radius 2 is 2.21 bits per heavy atom. The molecule has 1 N–H and O–H groups in total. The molecule has 0 saturated carbocycles. The smallest absolute Gasteiger partial charge is 0.145 e. The van der Waals surface area contributed by atoms with Crippen LogP contribution in [-0.4, -0.2) is 13.1 Å². The summed E-state index contributed by atoms with van der Waals surface area (Å²) in [5.41, 5.74) is 0.655. The predicted molar refractivity (Wildman–Crippen MR) is 83.7 cm³/mol. The van der Waals surface area contributed by atoms with Crippen LogP contribution >= 0.6 is 38.9 Å². The minimum atomic E-state index is -0.309.